The van der Waals surface area contributed by atoms with Crippen LogP contribution in [0.15, 0.2) is 12.4 Å². The number of aromatic nitrogens is 2. The SMILES string of the molecule is CCCC(C)C(O)Cc1cc(OC)ncn1. The molecule has 0 aliphatic carbocycles. The molecule has 0 saturated heterocycles. The van der Waals surface area contributed by atoms with Crippen molar-refractivity contribution in [2.24, 2.45) is 5.92 Å². The van der Waals surface area contributed by atoms with Gasteiger partial charge in [0.25, 0.3) is 0 Å². The van der Waals surface area contributed by atoms with Gasteiger partial charge >= 0.3 is 0 Å². The van der Waals surface area contributed by atoms with E-state index in [0.29, 0.717) is 18.2 Å². The van der Waals surface area contributed by atoms with Crippen molar-refractivity contribution >= 4 is 0 Å². The summed E-state index contributed by atoms with van der Waals surface area (Å²) in [7, 11) is 1.57. The minimum Gasteiger partial charge on any atom is -0.481 e. The monoisotopic (exact) mass is 224 g/mol. The van der Waals surface area contributed by atoms with Gasteiger partial charge in [0.1, 0.15) is 6.33 Å². The number of hydrogen-bond donors (Lipinski definition) is 1. The molecule has 0 spiro atoms. The number of ether oxygens (including phenoxy) is 1. The third-order valence-corrected chi connectivity index (χ3v) is 2.73. The van der Waals surface area contributed by atoms with Gasteiger partial charge in [-0.05, 0) is 12.3 Å². The fraction of sp³-hybridized carbons (Fsp3) is 0.667. The molecule has 0 aromatic carbocycles. The Kier molecular flexibility index (Phi) is 5.19. The van der Waals surface area contributed by atoms with Crippen LogP contribution in [0.25, 0.3) is 0 Å². The predicted octanol–water partition coefficient (Wildman–Crippen LogP) is 1.82. The lowest BCUT2D eigenvalue weighted by Gasteiger charge is -2.17. The Balaban J connectivity index is 2.58. The molecule has 90 valence electrons. The summed E-state index contributed by atoms with van der Waals surface area (Å²) < 4.78 is 5.01. The summed E-state index contributed by atoms with van der Waals surface area (Å²) in [5, 5.41) is 9.96. The summed E-state index contributed by atoms with van der Waals surface area (Å²) in [6.07, 6.45) is 3.79. The van der Waals surface area contributed by atoms with Crippen LogP contribution in [0.1, 0.15) is 32.4 Å². The smallest absolute Gasteiger partial charge is 0.216 e. The fourth-order valence-corrected chi connectivity index (χ4v) is 1.66. The highest BCUT2D eigenvalue weighted by Crippen LogP contribution is 2.15. The fourth-order valence-electron chi connectivity index (χ4n) is 1.66. The van der Waals surface area contributed by atoms with Gasteiger partial charge in [-0.25, -0.2) is 9.97 Å². The first-order chi connectivity index (χ1) is 7.67. The Bertz CT molecular complexity index is 318. The molecule has 1 heterocycles. The topological polar surface area (TPSA) is 55.2 Å². The van der Waals surface area contributed by atoms with Crippen LogP contribution in [0.5, 0.6) is 5.88 Å². The average molecular weight is 224 g/mol. The van der Waals surface area contributed by atoms with Crippen molar-refractivity contribution in [3.05, 3.63) is 18.1 Å². The number of aliphatic hydroxyl groups excluding tert-OH is 1. The average Bonchev–Trinajstić information content (AvgIpc) is 2.29. The lowest BCUT2D eigenvalue weighted by Crippen LogP contribution is -2.20. The van der Waals surface area contributed by atoms with Crippen molar-refractivity contribution in [3.8, 4) is 5.88 Å². The van der Waals surface area contributed by atoms with Crippen molar-refractivity contribution in [3.63, 3.8) is 0 Å². The van der Waals surface area contributed by atoms with Gasteiger partial charge in [0.2, 0.25) is 5.88 Å². The van der Waals surface area contributed by atoms with Crippen LogP contribution in [0.3, 0.4) is 0 Å². The van der Waals surface area contributed by atoms with Crippen LogP contribution in [0.4, 0.5) is 0 Å². The van der Waals surface area contributed by atoms with E-state index in [2.05, 4.69) is 23.8 Å². The van der Waals surface area contributed by atoms with Gasteiger partial charge in [-0.1, -0.05) is 20.3 Å². The summed E-state index contributed by atoms with van der Waals surface area (Å²) in [6, 6.07) is 1.77. The first kappa shape index (κ1) is 12.9. The van der Waals surface area contributed by atoms with Crippen molar-refractivity contribution in [2.75, 3.05) is 7.11 Å². The van der Waals surface area contributed by atoms with Crippen LogP contribution >= 0.6 is 0 Å². The maximum absolute atomic E-state index is 9.96. The molecule has 4 heteroatoms. The second-order valence-corrected chi connectivity index (χ2v) is 4.09. The van der Waals surface area contributed by atoms with Gasteiger partial charge in [0, 0.05) is 12.5 Å². The number of nitrogens with zero attached hydrogens (tertiary/aromatic N) is 2. The molecule has 1 aromatic heterocycles. The first-order valence-electron chi connectivity index (χ1n) is 5.70. The normalized spacial score (nSPS) is 14.5. The first-order valence-corrected chi connectivity index (χ1v) is 5.70. The van der Waals surface area contributed by atoms with E-state index in [9.17, 15) is 5.11 Å². The molecule has 0 fully saturated rings. The number of aliphatic hydroxyl groups is 1. The van der Waals surface area contributed by atoms with Crippen LogP contribution in [0, 0.1) is 5.92 Å². The van der Waals surface area contributed by atoms with Gasteiger partial charge in [0.15, 0.2) is 0 Å². The molecule has 0 aliphatic rings. The Labute approximate surface area is 96.7 Å². The molecule has 0 radical (unpaired) electrons. The highest BCUT2D eigenvalue weighted by atomic mass is 16.5. The largest absolute Gasteiger partial charge is 0.481 e. The van der Waals surface area contributed by atoms with Crippen LogP contribution in [-0.4, -0.2) is 28.3 Å². The zero-order valence-corrected chi connectivity index (χ0v) is 10.2. The van der Waals surface area contributed by atoms with Crippen LogP contribution in [-0.2, 0) is 6.42 Å². The third kappa shape index (κ3) is 3.77. The molecule has 2 unspecified atom stereocenters. The molecule has 0 saturated carbocycles. The molecule has 1 N–H and O–H groups in total. The molecule has 16 heavy (non-hydrogen) atoms. The summed E-state index contributed by atoms with van der Waals surface area (Å²) in [4.78, 5) is 8.05. The highest BCUT2D eigenvalue weighted by Gasteiger charge is 2.14. The minimum absolute atomic E-state index is 0.297. The molecular weight excluding hydrogens is 204 g/mol. The standard InChI is InChI=1S/C12H20N2O2/c1-4-5-9(2)11(15)6-10-7-12(16-3)14-8-13-10/h7-9,11,15H,4-6H2,1-3H3. The van der Waals surface area contributed by atoms with E-state index in [1.54, 1.807) is 13.2 Å². The molecule has 0 amide bonds. The van der Waals surface area contributed by atoms with Crippen molar-refractivity contribution < 1.29 is 9.84 Å². The predicted molar refractivity (Wildman–Crippen MR) is 62.4 cm³/mol. The zero-order chi connectivity index (χ0) is 12.0. The third-order valence-electron chi connectivity index (χ3n) is 2.73. The second-order valence-electron chi connectivity index (χ2n) is 4.09. The minimum atomic E-state index is -0.348. The summed E-state index contributed by atoms with van der Waals surface area (Å²) >= 11 is 0. The summed E-state index contributed by atoms with van der Waals surface area (Å²) in [6.45, 7) is 4.18. The quantitative estimate of drug-likeness (QED) is 0.801. The van der Waals surface area contributed by atoms with E-state index in [1.807, 2.05) is 0 Å². The Morgan fingerprint density at radius 1 is 1.44 bits per heavy atom. The van der Waals surface area contributed by atoms with Crippen molar-refractivity contribution in [1.29, 1.82) is 0 Å². The molecular formula is C12H20N2O2. The number of hydrogen-bond acceptors (Lipinski definition) is 4. The van der Waals surface area contributed by atoms with E-state index in [0.717, 1.165) is 18.5 Å². The van der Waals surface area contributed by atoms with E-state index in [4.69, 9.17) is 4.74 Å². The van der Waals surface area contributed by atoms with E-state index in [1.165, 1.54) is 6.33 Å². The van der Waals surface area contributed by atoms with Crippen molar-refractivity contribution in [1.82, 2.24) is 9.97 Å². The van der Waals surface area contributed by atoms with Crippen LogP contribution < -0.4 is 4.74 Å². The second kappa shape index (κ2) is 6.43. The molecule has 0 bridgehead atoms. The molecule has 4 nitrogen and oxygen atoms in total. The maximum Gasteiger partial charge on any atom is 0.216 e. The summed E-state index contributed by atoms with van der Waals surface area (Å²) in [5.74, 6) is 0.839. The van der Waals surface area contributed by atoms with Gasteiger partial charge in [-0.2, -0.15) is 0 Å². The van der Waals surface area contributed by atoms with E-state index < -0.39 is 0 Å². The van der Waals surface area contributed by atoms with Crippen molar-refractivity contribution in [2.45, 2.75) is 39.2 Å². The van der Waals surface area contributed by atoms with Gasteiger partial charge in [0.05, 0.1) is 18.9 Å². The summed E-state index contributed by atoms with van der Waals surface area (Å²) in [5.41, 5.74) is 0.822. The van der Waals surface area contributed by atoms with E-state index >= 15 is 0 Å². The number of methoxy groups -OCH3 is 1. The lowest BCUT2D eigenvalue weighted by molar-refractivity contribution is 0.110. The zero-order valence-electron chi connectivity index (χ0n) is 10.2. The van der Waals surface area contributed by atoms with Gasteiger partial charge in [-0.3, -0.25) is 0 Å². The Hall–Kier alpha value is -1.16. The van der Waals surface area contributed by atoms with Gasteiger partial charge < -0.3 is 9.84 Å². The Morgan fingerprint density at radius 3 is 2.81 bits per heavy atom. The Morgan fingerprint density at radius 2 is 2.19 bits per heavy atom. The molecule has 2 atom stereocenters. The highest BCUT2D eigenvalue weighted by molar-refractivity contribution is 5.14. The number of rotatable bonds is 6. The van der Waals surface area contributed by atoms with Gasteiger partial charge in [-0.15, -0.1) is 0 Å². The van der Waals surface area contributed by atoms with Crippen LogP contribution in [0.2, 0.25) is 0 Å². The van der Waals surface area contributed by atoms with E-state index in [-0.39, 0.29) is 6.10 Å². The maximum atomic E-state index is 9.96. The lowest BCUT2D eigenvalue weighted by atomic mass is 9.96. The molecule has 1 rings (SSSR count). The molecule has 1 aromatic rings. The molecule has 0 aliphatic heterocycles.